The number of nitrogens with two attached hydrogens (primary N) is 1. The van der Waals surface area contributed by atoms with Gasteiger partial charge in [0.25, 0.3) is 5.91 Å². The molecule has 0 aliphatic carbocycles. The number of hydrogen-bond donors (Lipinski definition) is 2. The Kier molecular flexibility index (Phi) is 6.45. The molecular weight excluding hydrogens is 366 g/mol. The minimum atomic E-state index is -0.680. The number of carbonyl (C=O) groups is 2. The quantitative estimate of drug-likeness (QED) is 0.824. The first-order valence-electron chi connectivity index (χ1n) is 8.81. The highest BCUT2D eigenvalue weighted by molar-refractivity contribution is 6.34. The van der Waals surface area contributed by atoms with E-state index in [1.54, 1.807) is 23.1 Å². The fourth-order valence-electron chi connectivity index (χ4n) is 2.90. The fraction of sp³-hybridized carbons (Fsp3) is 0.300. The van der Waals surface area contributed by atoms with Gasteiger partial charge in [-0.15, -0.1) is 0 Å². The molecule has 0 spiro atoms. The molecule has 1 aliphatic heterocycles. The van der Waals surface area contributed by atoms with Crippen LogP contribution in [-0.2, 0) is 16.0 Å². The first kappa shape index (κ1) is 19.4. The summed E-state index contributed by atoms with van der Waals surface area (Å²) in [6.45, 7) is 2.14. The van der Waals surface area contributed by atoms with Crippen molar-refractivity contribution in [1.82, 2.24) is 4.90 Å². The zero-order valence-electron chi connectivity index (χ0n) is 14.9. The Hall–Kier alpha value is -2.41. The monoisotopic (exact) mass is 387 g/mol. The molecule has 7 heteroatoms. The lowest BCUT2D eigenvalue weighted by molar-refractivity contribution is -0.117. The molecule has 2 aromatic rings. The molecule has 2 aromatic carbocycles. The van der Waals surface area contributed by atoms with Crippen molar-refractivity contribution in [3.8, 4) is 0 Å². The molecule has 1 aliphatic rings. The first-order valence-corrected chi connectivity index (χ1v) is 9.19. The van der Waals surface area contributed by atoms with E-state index in [2.05, 4.69) is 5.32 Å². The second kappa shape index (κ2) is 8.99. The van der Waals surface area contributed by atoms with Gasteiger partial charge in [-0.3, -0.25) is 9.59 Å². The summed E-state index contributed by atoms with van der Waals surface area (Å²) in [6.07, 6.45) is 0.438. The Balaban J connectivity index is 1.63. The van der Waals surface area contributed by atoms with E-state index in [0.717, 1.165) is 5.56 Å². The molecule has 0 unspecified atom stereocenters. The van der Waals surface area contributed by atoms with E-state index in [4.69, 9.17) is 22.1 Å². The van der Waals surface area contributed by atoms with E-state index >= 15 is 0 Å². The smallest absolute Gasteiger partial charge is 0.255 e. The lowest BCUT2D eigenvalue weighted by atomic mass is 10.1. The van der Waals surface area contributed by atoms with Gasteiger partial charge in [-0.25, -0.2) is 0 Å². The van der Waals surface area contributed by atoms with E-state index in [-0.39, 0.29) is 11.8 Å². The number of rotatable bonds is 5. The van der Waals surface area contributed by atoms with Crippen molar-refractivity contribution in [3.05, 3.63) is 64.7 Å². The molecule has 1 heterocycles. The van der Waals surface area contributed by atoms with E-state index in [0.29, 0.717) is 49.0 Å². The predicted molar refractivity (Wildman–Crippen MR) is 105 cm³/mol. The Morgan fingerprint density at radius 2 is 1.85 bits per heavy atom. The Bertz CT molecular complexity index is 807. The molecule has 3 rings (SSSR count). The molecule has 2 amide bonds. The zero-order chi connectivity index (χ0) is 19.2. The fourth-order valence-corrected chi connectivity index (χ4v) is 3.16. The van der Waals surface area contributed by atoms with E-state index in [1.165, 1.54) is 0 Å². The largest absolute Gasteiger partial charge is 0.378 e. The number of halogens is 1. The zero-order valence-corrected chi connectivity index (χ0v) is 15.6. The standard InChI is InChI=1S/C20H22ClN3O3/c21-17-13-15(6-7-16(17)20(26)24-8-10-27-11-9-24)23-19(25)18(22)12-14-4-2-1-3-5-14/h1-7,13,18H,8-12,22H2,(H,23,25)/t18-/m0/s1. The van der Waals surface area contributed by atoms with Crippen LogP contribution in [0.5, 0.6) is 0 Å². The summed E-state index contributed by atoms with van der Waals surface area (Å²) in [6, 6.07) is 13.8. The molecule has 1 saturated heterocycles. The van der Waals surface area contributed by atoms with Gasteiger partial charge in [0.15, 0.2) is 0 Å². The van der Waals surface area contributed by atoms with Crippen molar-refractivity contribution in [1.29, 1.82) is 0 Å². The number of nitrogens with one attached hydrogen (secondary N) is 1. The topological polar surface area (TPSA) is 84.7 Å². The summed E-state index contributed by atoms with van der Waals surface area (Å²) in [5.74, 6) is -0.441. The summed E-state index contributed by atoms with van der Waals surface area (Å²) in [5, 5.41) is 3.05. The van der Waals surface area contributed by atoms with Crippen LogP contribution in [0.3, 0.4) is 0 Å². The Morgan fingerprint density at radius 3 is 2.52 bits per heavy atom. The summed E-state index contributed by atoms with van der Waals surface area (Å²) >= 11 is 6.27. The van der Waals surface area contributed by atoms with Crippen molar-refractivity contribution in [2.45, 2.75) is 12.5 Å². The van der Waals surface area contributed by atoms with E-state index in [9.17, 15) is 9.59 Å². The lowest BCUT2D eigenvalue weighted by Gasteiger charge is -2.27. The normalized spacial score (nSPS) is 15.3. The van der Waals surface area contributed by atoms with Crippen LogP contribution in [0.15, 0.2) is 48.5 Å². The number of carbonyl (C=O) groups excluding carboxylic acids is 2. The predicted octanol–water partition coefficient (Wildman–Crippen LogP) is 2.32. The molecule has 142 valence electrons. The molecular formula is C20H22ClN3O3. The van der Waals surface area contributed by atoms with Crippen molar-refractivity contribution in [3.63, 3.8) is 0 Å². The van der Waals surface area contributed by atoms with Gasteiger partial charge >= 0.3 is 0 Å². The van der Waals surface area contributed by atoms with Gasteiger partial charge in [-0.05, 0) is 30.2 Å². The highest BCUT2D eigenvalue weighted by Crippen LogP contribution is 2.23. The maximum absolute atomic E-state index is 12.5. The summed E-state index contributed by atoms with van der Waals surface area (Å²) in [4.78, 5) is 26.6. The van der Waals surface area contributed by atoms with Crippen molar-refractivity contribution in [2.75, 3.05) is 31.6 Å². The Morgan fingerprint density at radius 1 is 1.15 bits per heavy atom. The molecule has 0 aromatic heterocycles. The van der Waals surface area contributed by atoms with Gasteiger partial charge in [-0.1, -0.05) is 41.9 Å². The highest BCUT2D eigenvalue weighted by atomic mass is 35.5. The van der Waals surface area contributed by atoms with E-state index < -0.39 is 6.04 Å². The molecule has 3 N–H and O–H groups in total. The molecule has 1 atom stereocenters. The summed E-state index contributed by atoms with van der Waals surface area (Å²) < 4.78 is 5.26. The number of hydrogen-bond acceptors (Lipinski definition) is 4. The van der Waals surface area contributed by atoms with Crippen molar-refractivity contribution >= 4 is 29.1 Å². The van der Waals surface area contributed by atoms with Crippen molar-refractivity contribution in [2.24, 2.45) is 5.73 Å². The van der Waals surface area contributed by atoms with Gasteiger partial charge in [0.05, 0.1) is 29.8 Å². The van der Waals surface area contributed by atoms with Crippen LogP contribution in [0.4, 0.5) is 5.69 Å². The van der Waals surface area contributed by atoms with Crippen LogP contribution in [0.2, 0.25) is 5.02 Å². The molecule has 0 saturated carbocycles. The molecule has 0 radical (unpaired) electrons. The van der Waals surface area contributed by atoms with Crippen LogP contribution in [0.25, 0.3) is 0 Å². The second-order valence-corrected chi connectivity index (χ2v) is 6.79. The van der Waals surface area contributed by atoms with Gasteiger partial charge < -0.3 is 20.7 Å². The van der Waals surface area contributed by atoms with Crippen LogP contribution in [-0.4, -0.2) is 49.1 Å². The van der Waals surface area contributed by atoms with Gasteiger partial charge in [-0.2, -0.15) is 0 Å². The van der Waals surface area contributed by atoms with Gasteiger partial charge in [0.2, 0.25) is 5.91 Å². The third-order valence-corrected chi connectivity index (χ3v) is 4.71. The van der Waals surface area contributed by atoms with Crippen LogP contribution < -0.4 is 11.1 Å². The minimum absolute atomic E-state index is 0.137. The van der Waals surface area contributed by atoms with Crippen LogP contribution in [0.1, 0.15) is 15.9 Å². The number of nitrogens with zero attached hydrogens (tertiary/aromatic N) is 1. The third-order valence-electron chi connectivity index (χ3n) is 4.40. The maximum Gasteiger partial charge on any atom is 0.255 e. The number of morpholine rings is 1. The molecule has 1 fully saturated rings. The number of ether oxygens (including phenoxy) is 1. The molecule has 6 nitrogen and oxygen atoms in total. The van der Waals surface area contributed by atoms with Crippen LogP contribution in [0, 0.1) is 0 Å². The number of benzene rings is 2. The number of anilines is 1. The Labute approximate surface area is 163 Å². The van der Waals surface area contributed by atoms with E-state index in [1.807, 2.05) is 30.3 Å². The van der Waals surface area contributed by atoms with Crippen LogP contribution >= 0.6 is 11.6 Å². The minimum Gasteiger partial charge on any atom is -0.378 e. The number of amides is 2. The summed E-state index contributed by atoms with van der Waals surface area (Å²) in [7, 11) is 0. The third kappa shape index (κ3) is 5.07. The summed E-state index contributed by atoms with van der Waals surface area (Å²) in [5.41, 5.74) is 7.90. The SMILES string of the molecule is N[C@@H](Cc1ccccc1)C(=O)Nc1ccc(C(=O)N2CCOCC2)c(Cl)c1. The van der Waals surface area contributed by atoms with Gasteiger partial charge in [0.1, 0.15) is 0 Å². The maximum atomic E-state index is 12.5. The highest BCUT2D eigenvalue weighted by Gasteiger charge is 2.21. The van der Waals surface area contributed by atoms with Gasteiger partial charge in [0, 0.05) is 18.8 Å². The van der Waals surface area contributed by atoms with Crippen molar-refractivity contribution < 1.29 is 14.3 Å². The molecule has 0 bridgehead atoms. The second-order valence-electron chi connectivity index (χ2n) is 6.38. The lowest BCUT2D eigenvalue weighted by Crippen LogP contribution is -2.40. The average Bonchev–Trinajstić information content (AvgIpc) is 2.69. The molecule has 27 heavy (non-hydrogen) atoms. The first-order chi connectivity index (χ1) is 13.0. The average molecular weight is 388 g/mol.